The molecule has 0 bridgehead atoms. The Morgan fingerprint density at radius 1 is 1.21 bits per heavy atom. The van der Waals surface area contributed by atoms with Gasteiger partial charge in [-0.25, -0.2) is 4.79 Å². The van der Waals surface area contributed by atoms with Crippen LogP contribution in [0.25, 0.3) is 0 Å². The number of carbonyl (C=O) groups is 3. The number of cyclic esters (lactones) is 1. The Balaban J connectivity index is 1.45. The van der Waals surface area contributed by atoms with Crippen LogP contribution >= 0.6 is 0 Å². The maximum atomic E-state index is 12.7. The predicted octanol–water partition coefficient (Wildman–Crippen LogP) is 3.00. The number of rotatable bonds is 4. The fourth-order valence-corrected chi connectivity index (χ4v) is 4.68. The number of nitrogens with zero attached hydrogens (tertiary/aromatic N) is 2. The second kappa shape index (κ2) is 7.69. The first-order valence-corrected chi connectivity index (χ1v) is 10.6. The molecule has 1 saturated heterocycles. The lowest BCUT2D eigenvalue weighted by Crippen LogP contribution is -2.46. The van der Waals surface area contributed by atoms with E-state index in [1.807, 2.05) is 32.0 Å². The van der Waals surface area contributed by atoms with Gasteiger partial charge in [0.25, 0.3) is 5.91 Å². The van der Waals surface area contributed by atoms with Gasteiger partial charge in [0.1, 0.15) is 0 Å². The van der Waals surface area contributed by atoms with Crippen LogP contribution in [-0.4, -0.2) is 42.6 Å². The monoisotopic (exact) mass is 399 g/mol. The highest BCUT2D eigenvalue weighted by Gasteiger charge is 2.39. The highest BCUT2D eigenvalue weighted by atomic mass is 16.6. The maximum absolute atomic E-state index is 12.7. The van der Waals surface area contributed by atoms with Crippen LogP contribution < -0.4 is 15.1 Å². The first kappa shape index (κ1) is 19.7. The molecule has 3 amide bonds. The molecule has 0 aromatic heterocycles. The third-order valence-corrected chi connectivity index (χ3v) is 6.30. The molecule has 1 N–H and O–H groups in total. The van der Waals surface area contributed by atoms with Gasteiger partial charge in [-0.3, -0.25) is 14.5 Å². The van der Waals surface area contributed by atoms with Gasteiger partial charge < -0.3 is 15.0 Å². The molecule has 2 fully saturated rings. The van der Waals surface area contributed by atoms with Crippen molar-refractivity contribution in [3.63, 3.8) is 0 Å². The third kappa shape index (κ3) is 3.70. The van der Waals surface area contributed by atoms with E-state index in [0.29, 0.717) is 18.0 Å². The zero-order chi connectivity index (χ0) is 20.7. The van der Waals surface area contributed by atoms with E-state index in [1.54, 1.807) is 4.90 Å². The van der Waals surface area contributed by atoms with Crippen LogP contribution in [0.15, 0.2) is 18.2 Å². The number of nitrogens with one attached hydrogen (secondary N) is 1. The molecule has 1 aromatic rings. The van der Waals surface area contributed by atoms with E-state index < -0.39 is 12.2 Å². The van der Waals surface area contributed by atoms with E-state index in [4.69, 9.17) is 4.74 Å². The number of anilines is 2. The molecule has 1 aliphatic carbocycles. The van der Waals surface area contributed by atoms with Gasteiger partial charge >= 0.3 is 6.09 Å². The molecule has 4 rings (SSSR count). The summed E-state index contributed by atoms with van der Waals surface area (Å²) in [6, 6.07) is 5.79. The smallest absolute Gasteiger partial charge is 0.415 e. The van der Waals surface area contributed by atoms with Crippen molar-refractivity contribution in [1.82, 2.24) is 5.32 Å². The number of benzene rings is 1. The Labute approximate surface area is 171 Å². The number of carbonyl (C=O) groups excluding carboxylic acids is 3. The lowest BCUT2D eigenvalue weighted by atomic mass is 9.86. The molecule has 0 spiro atoms. The average Bonchev–Trinajstić information content (AvgIpc) is 3.22. The van der Waals surface area contributed by atoms with Crippen LogP contribution in [-0.2, 0) is 20.7 Å². The van der Waals surface area contributed by atoms with Crippen molar-refractivity contribution in [2.24, 2.45) is 5.92 Å². The van der Waals surface area contributed by atoms with Crippen molar-refractivity contribution in [2.45, 2.75) is 71.1 Å². The van der Waals surface area contributed by atoms with E-state index in [-0.39, 0.29) is 30.4 Å². The quantitative estimate of drug-likeness (QED) is 0.844. The number of amides is 3. The normalized spacial score (nSPS) is 26.7. The molecule has 1 saturated carbocycles. The first-order chi connectivity index (χ1) is 13.8. The third-order valence-electron chi connectivity index (χ3n) is 6.30. The minimum atomic E-state index is -0.807. The summed E-state index contributed by atoms with van der Waals surface area (Å²) in [5, 5.41) is 3.07. The molecule has 3 atom stereocenters. The SMILES string of the molecule is CC(C)N1C(=O)Cc2cc(N3C[C@@H](C(=O)NC4CCCC[C@@H]4C)OC3=O)ccc21. The average molecular weight is 399 g/mol. The Kier molecular flexibility index (Phi) is 5.23. The highest BCUT2D eigenvalue weighted by molar-refractivity contribution is 6.03. The van der Waals surface area contributed by atoms with Crippen molar-refractivity contribution >= 4 is 29.3 Å². The van der Waals surface area contributed by atoms with Crippen molar-refractivity contribution in [2.75, 3.05) is 16.3 Å². The van der Waals surface area contributed by atoms with Gasteiger partial charge in [-0.1, -0.05) is 19.8 Å². The zero-order valence-corrected chi connectivity index (χ0v) is 17.3. The fraction of sp³-hybridized carbons (Fsp3) is 0.591. The topological polar surface area (TPSA) is 79.0 Å². The molecule has 1 unspecified atom stereocenters. The molecule has 156 valence electrons. The molecular weight excluding hydrogens is 370 g/mol. The summed E-state index contributed by atoms with van der Waals surface area (Å²) < 4.78 is 5.36. The zero-order valence-electron chi connectivity index (χ0n) is 17.3. The minimum Gasteiger partial charge on any atom is -0.434 e. The number of hydrogen-bond donors (Lipinski definition) is 1. The standard InChI is InChI=1S/C22H29N3O4/c1-13(2)25-18-9-8-16(10-15(18)11-20(25)26)24-12-19(29-22(24)28)21(27)23-17-7-5-4-6-14(17)3/h8-10,13-14,17,19H,4-7,11-12H2,1-3H3,(H,23,27)/t14-,17?,19-/m0/s1. The Bertz CT molecular complexity index is 837. The molecule has 2 heterocycles. The van der Waals surface area contributed by atoms with Gasteiger partial charge in [0.15, 0.2) is 6.10 Å². The summed E-state index contributed by atoms with van der Waals surface area (Å²) in [6.45, 7) is 6.31. The second-order valence-corrected chi connectivity index (χ2v) is 8.71. The largest absolute Gasteiger partial charge is 0.434 e. The van der Waals surface area contributed by atoms with Crippen LogP contribution in [0.1, 0.15) is 52.0 Å². The summed E-state index contributed by atoms with van der Waals surface area (Å²) in [4.78, 5) is 40.7. The molecular formula is C22H29N3O4. The van der Waals surface area contributed by atoms with Crippen LogP contribution in [0.5, 0.6) is 0 Å². The van der Waals surface area contributed by atoms with Crippen LogP contribution in [0.4, 0.5) is 16.2 Å². The molecule has 7 nitrogen and oxygen atoms in total. The fourth-order valence-electron chi connectivity index (χ4n) is 4.68. The number of hydrogen-bond acceptors (Lipinski definition) is 4. The molecule has 2 aliphatic heterocycles. The van der Waals surface area contributed by atoms with Gasteiger partial charge in [0.2, 0.25) is 5.91 Å². The molecule has 29 heavy (non-hydrogen) atoms. The van der Waals surface area contributed by atoms with E-state index in [0.717, 1.165) is 30.5 Å². The van der Waals surface area contributed by atoms with Crippen molar-refractivity contribution in [3.05, 3.63) is 23.8 Å². The maximum Gasteiger partial charge on any atom is 0.415 e. The van der Waals surface area contributed by atoms with E-state index in [2.05, 4.69) is 12.2 Å². The minimum absolute atomic E-state index is 0.0648. The molecule has 7 heteroatoms. The Morgan fingerprint density at radius 2 is 1.97 bits per heavy atom. The van der Waals surface area contributed by atoms with Gasteiger partial charge in [-0.05, 0) is 56.4 Å². The van der Waals surface area contributed by atoms with Gasteiger partial charge in [-0.15, -0.1) is 0 Å². The predicted molar refractivity (Wildman–Crippen MR) is 110 cm³/mol. The van der Waals surface area contributed by atoms with E-state index in [1.165, 1.54) is 11.3 Å². The summed E-state index contributed by atoms with van der Waals surface area (Å²) in [6.07, 6.45) is 3.41. The number of fused-ring (bicyclic) bond motifs is 1. The van der Waals surface area contributed by atoms with Crippen molar-refractivity contribution in [1.29, 1.82) is 0 Å². The first-order valence-electron chi connectivity index (χ1n) is 10.6. The Hall–Kier alpha value is -2.57. The molecule has 0 radical (unpaired) electrons. The summed E-state index contributed by atoms with van der Waals surface area (Å²) in [7, 11) is 0. The molecule has 1 aromatic carbocycles. The van der Waals surface area contributed by atoms with E-state index in [9.17, 15) is 14.4 Å². The van der Waals surface area contributed by atoms with Gasteiger partial charge in [0, 0.05) is 23.5 Å². The van der Waals surface area contributed by atoms with Crippen LogP contribution in [0.2, 0.25) is 0 Å². The summed E-state index contributed by atoms with van der Waals surface area (Å²) in [5.74, 6) is 0.288. The van der Waals surface area contributed by atoms with Gasteiger partial charge in [-0.2, -0.15) is 0 Å². The summed E-state index contributed by atoms with van der Waals surface area (Å²) in [5.41, 5.74) is 2.45. The van der Waals surface area contributed by atoms with Gasteiger partial charge in [0.05, 0.1) is 13.0 Å². The number of ether oxygens (including phenoxy) is 1. The molecule has 3 aliphatic rings. The van der Waals surface area contributed by atoms with Crippen LogP contribution in [0, 0.1) is 5.92 Å². The summed E-state index contributed by atoms with van der Waals surface area (Å²) >= 11 is 0. The van der Waals surface area contributed by atoms with E-state index >= 15 is 0 Å². The lowest BCUT2D eigenvalue weighted by molar-refractivity contribution is -0.129. The van der Waals surface area contributed by atoms with Crippen LogP contribution in [0.3, 0.4) is 0 Å². The second-order valence-electron chi connectivity index (χ2n) is 8.71. The Morgan fingerprint density at radius 3 is 2.69 bits per heavy atom. The van der Waals surface area contributed by atoms with Crippen molar-refractivity contribution < 1.29 is 19.1 Å². The highest BCUT2D eigenvalue weighted by Crippen LogP contribution is 2.35. The van der Waals surface area contributed by atoms with Crippen molar-refractivity contribution in [3.8, 4) is 0 Å². The lowest BCUT2D eigenvalue weighted by Gasteiger charge is -2.30.